The van der Waals surface area contributed by atoms with Crippen LogP contribution in [0.1, 0.15) is 48.6 Å². The van der Waals surface area contributed by atoms with E-state index < -0.39 is 0 Å². The number of aromatic nitrogens is 2. The van der Waals surface area contributed by atoms with Gasteiger partial charge in [-0.25, -0.2) is 4.98 Å². The first-order valence-corrected chi connectivity index (χ1v) is 10.4. The summed E-state index contributed by atoms with van der Waals surface area (Å²) in [4.78, 5) is 4.47. The third-order valence-corrected chi connectivity index (χ3v) is 5.52. The van der Waals surface area contributed by atoms with Gasteiger partial charge in [-0.2, -0.15) is 0 Å². The first kappa shape index (κ1) is 25.0. The summed E-state index contributed by atoms with van der Waals surface area (Å²) in [5, 5.41) is 10.1. The minimum absolute atomic E-state index is 0. The van der Waals surface area contributed by atoms with Crippen molar-refractivity contribution in [2.24, 2.45) is 0 Å². The van der Waals surface area contributed by atoms with E-state index in [0.29, 0.717) is 17.4 Å². The number of aliphatic hydroxyl groups excluding tert-OH is 1. The summed E-state index contributed by atoms with van der Waals surface area (Å²) in [5.41, 5.74) is 20.3. The van der Waals surface area contributed by atoms with Gasteiger partial charge in [-0.05, 0) is 39.7 Å². The van der Waals surface area contributed by atoms with E-state index in [0.717, 1.165) is 47.3 Å². The van der Waals surface area contributed by atoms with E-state index in [1.165, 1.54) is 0 Å². The molecule has 0 aliphatic carbocycles. The Bertz CT molecular complexity index is 988. The average Bonchev–Trinajstić information content (AvgIpc) is 3.41. The molecule has 0 atom stereocenters. The number of halogens is 1. The van der Waals surface area contributed by atoms with Crippen LogP contribution in [-0.2, 0) is 19.6 Å². The SMILES string of the molecule is CCCCc1nc(Cl)c(CO)n1Cc1ccc(-c2ccccc2C2[N][N][N][N]2)cc1.[K+]. The maximum absolute atomic E-state index is 9.76. The molecule has 1 aromatic heterocycles. The van der Waals surface area contributed by atoms with Crippen LogP contribution in [0.15, 0.2) is 48.5 Å². The third-order valence-electron chi connectivity index (χ3n) is 5.21. The van der Waals surface area contributed by atoms with Crippen LogP contribution in [0.2, 0.25) is 5.15 Å². The van der Waals surface area contributed by atoms with Crippen LogP contribution < -0.4 is 73.3 Å². The maximum Gasteiger partial charge on any atom is 1.00 e. The van der Waals surface area contributed by atoms with Gasteiger partial charge < -0.3 is 9.67 Å². The average molecular weight is 462 g/mol. The molecule has 0 saturated carbocycles. The molecule has 31 heavy (non-hydrogen) atoms. The van der Waals surface area contributed by atoms with Gasteiger partial charge in [0.05, 0.1) is 12.3 Å². The molecule has 1 N–H and O–H groups in total. The molecule has 0 amide bonds. The number of nitrogens with zero attached hydrogens (tertiary/aromatic N) is 6. The van der Waals surface area contributed by atoms with Gasteiger partial charge in [0.25, 0.3) is 0 Å². The molecule has 2 aromatic carbocycles. The van der Waals surface area contributed by atoms with Gasteiger partial charge in [0.15, 0.2) is 11.3 Å². The zero-order valence-electron chi connectivity index (χ0n) is 17.7. The van der Waals surface area contributed by atoms with Crippen molar-refractivity contribution < 1.29 is 56.5 Å². The molecule has 1 fully saturated rings. The van der Waals surface area contributed by atoms with Crippen molar-refractivity contribution in [3.63, 3.8) is 0 Å². The van der Waals surface area contributed by atoms with Crippen LogP contribution in [0, 0.1) is 0 Å². The zero-order chi connectivity index (χ0) is 20.9. The molecule has 1 saturated heterocycles. The summed E-state index contributed by atoms with van der Waals surface area (Å²) in [6, 6.07) is 16.4. The summed E-state index contributed by atoms with van der Waals surface area (Å²) in [6.07, 6.45) is 2.56. The standard InChI is InChI=1S/C22H23ClN6O.K/c1-2-3-8-20-24-21(23)19(14-30)29(20)13-15-9-11-16(12-10-15)17-6-4-5-7-18(17)22-25-27-28-26-22;/h4-7,9-12,22,30H,2-3,8,13-14H2,1H3;/q;+1. The van der Waals surface area contributed by atoms with Crippen LogP contribution >= 0.6 is 11.6 Å². The quantitative estimate of drug-likeness (QED) is 0.487. The third kappa shape index (κ3) is 5.84. The van der Waals surface area contributed by atoms with E-state index in [1.54, 1.807) is 0 Å². The Kier molecular flexibility index (Phi) is 9.69. The van der Waals surface area contributed by atoms with Crippen LogP contribution in [0.3, 0.4) is 0 Å². The van der Waals surface area contributed by atoms with Crippen LogP contribution in [0.4, 0.5) is 0 Å². The van der Waals surface area contributed by atoms with Gasteiger partial charge in [0.1, 0.15) is 5.82 Å². The van der Waals surface area contributed by atoms with E-state index in [1.807, 2.05) is 22.8 Å². The molecule has 4 radical (unpaired) electrons. The summed E-state index contributed by atoms with van der Waals surface area (Å²) in [6.45, 7) is 2.63. The smallest absolute Gasteiger partial charge is 0.390 e. The van der Waals surface area contributed by atoms with E-state index >= 15 is 0 Å². The van der Waals surface area contributed by atoms with Gasteiger partial charge in [-0.3, -0.25) is 0 Å². The number of unbranched alkanes of at least 4 members (excludes halogenated alkanes) is 1. The van der Waals surface area contributed by atoms with E-state index in [9.17, 15) is 5.11 Å². The largest absolute Gasteiger partial charge is 1.00 e. The van der Waals surface area contributed by atoms with Crippen molar-refractivity contribution in [2.45, 2.75) is 45.5 Å². The van der Waals surface area contributed by atoms with Crippen molar-refractivity contribution >= 4 is 11.6 Å². The van der Waals surface area contributed by atoms with E-state index in [2.05, 4.69) is 64.2 Å². The number of rotatable bonds is 8. The van der Waals surface area contributed by atoms with Gasteiger partial charge in [0.2, 0.25) is 0 Å². The Morgan fingerprint density at radius 3 is 2.42 bits per heavy atom. The first-order chi connectivity index (χ1) is 14.7. The molecule has 7 nitrogen and oxygen atoms in total. The molecular weight excluding hydrogens is 439 g/mol. The molecule has 9 heteroatoms. The number of hydrogen-bond donors (Lipinski definition) is 1. The van der Waals surface area contributed by atoms with Gasteiger partial charge >= 0.3 is 51.4 Å². The van der Waals surface area contributed by atoms with E-state index in [-0.39, 0.29) is 64.2 Å². The molecule has 0 unspecified atom stereocenters. The topological polar surface area (TPSA) is 94.4 Å². The molecular formula is C22H23ClKN6O+. The monoisotopic (exact) mass is 461 g/mol. The Hall–Kier alpha value is -0.624. The van der Waals surface area contributed by atoms with Crippen molar-refractivity contribution in [1.29, 1.82) is 0 Å². The van der Waals surface area contributed by atoms with Gasteiger partial charge in [-0.1, -0.05) is 84.3 Å². The zero-order valence-corrected chi connectivity index (χ0v) is 21.6. The number of hydrogen-bond acceptors (Lipinski definition) is 2. The van der Waals surface area contributed by atoms with Crippen LogP contribution in [0.5, 0.6) is 0 Å². The predicted molar refractivity (Wildman–Crippen MR) is 114 cm³/mol. The second-order valence-corrected chi connectivity index (χ2v) is 7.54. The van der Waals surface area contributed by atoms with E-state index in [4.69, 9.17) is 11.6 Å². The minimum Gasteiger partial charge on any atom is -0.390 e. The summed E-state index contributed by atoms with van der Waals surface area (Å²) in [5.74, 6) is 0.914. The van der Waals surface area contributed by atoms with Crippen LogP contribution in [-0.4, -0.2) is 14.7 Å². The first-order valence-electron chi connectivity index (χ1n) is 10.0. The molecule has 2 heterocycles. The van der Waals surface area contributed by atoms with Gasteiger partial charge in [-0.15, -0.1) is 0 Å². The Morgan fingerprint density at radius 2 is 1.74 bits per heavy atom. The van der Waals surface area contributed by atoms with Crippen molar-refractivity contribution in [3.05, 3.63) is 76.3 Å². The fourth-order valence-corrected chi connectivity index (χ4v) is 3.88. The molecule has 1 aliphatic heterocycles. The second kappa shape index (κ2) is 12.0. The van der Waals surface area contributed by atoms with Crippen molar-refractivity contribution in [1.82, 2.24) is 31.5 Å². The summed E-state index contributed by atoms with van der Waals surface area (Å²) < 4.78 is 2.03. The van der Waals surface area contributed by atoms with Gasteiger partial charge in [0, 0.05) is 13.0 Å². The normalized spacial score (nSPS) is 14.0. The summed E-state index contributed by atoms with van der Waals surface area (Å²) >= 11 is 6.26. The Morgan fingerprint density at radius 1 is 1.03 bits per heavy atom. The van der Waals surface area contributed by atoms with Crippen molar-refractivity contribution in [3.8, 4) is 11.1 Å². The Labute approximate surface area is 230 Å². The van der Waals surface area contributed by atoms with Crippen molar-refractivity contribution in [2.75, 3.05) is 0 Å². The van der Waals surface area contributed by atoms with Crippen LogP contribution in [0.25, 0.3) is 11.1 Å². The number of aryl methyl sites for hydroxylation is 1. The fourth-order valence-electron chi connectivity index (χ4n) is 3.62. The molecule has 1 aliphatic rings. The number of aliphatic hydroxyl groups is 1. The predicted octanol–water partition coefficient (Wildman–Crippen LogP) is 0.266. The fraction of sp³-hybridized carbons (Fsp3) is 0.318. The molecule has 0 bridgehead atoms. The Balaban J connectivity index is 0.00000272. The molecule has 0 spiro atoms. The maximum atomic E-state index is 9.76. The summed E-state index contributed by atoms with van der Waals surface area (Å²) in [7, 11) is 0. The molecule has 3 aromatic rings. The minimum atomic E-state index is -0.387. The second-order valence-electron chi connectivity index (χ2n) is 7.18. The molecule has 154 valence electrons. The molecule has 4 rings (SSSR count). The number of benzene rings is 2. The number of imidazole rings is 1.